The second-order valence-electron chi connectivity index (χ2n) is 6.54. The average molecular weight is 293 g/mol. The highest BCUT2D eigenvalue weighted by Gasteiger charge is 2.24. The number of hydrogen-bond donors (Lipinski definition) is 1. The van der Waals surface area contributed by atoms with E-state index in [4.69, 9.17) is 4.52 Å². The molecular formula is C15H23N3O3. The van der Waals surface area contributed by atoms with Crippen LogP contribution in [-0.2, 0) is 15.0 Å². The molecule has 2 heterocycles. The third kappa shape index (κ3) is 4.14. The molecule has 6 nitrogen and oxygen atoms in total. The Morgan fingerprint density at radius 3 is 2.90 bits per heavy atom. The van der Waals surface area contributed by atoms with Gasteiger partial charge in [-0.15, -0.1) is 0 Å². The van der Waals surface area contributed by atoms with Crippen LogP contribution in [-0.4, -0.2) is 41.4 Å². The Labute approximate surface area is 124 Å². The van der Waals surface area contributed by atoms with Crippen molar-refractivity contribution in [1.29, 1.82) is 0 Å². The first-order valence-electron chi connectivity index (χ1n) is 7.36. The molecule has 1 atom stereocenters. The monoisotopic (exact) mass is 293 g/mol. The van der Waals surface area contributed by atoms with Crippen molar-refractivity contribution in [3.05, 3.63) is 11.8 Å². The van der Waals surface area contributed by atoms with Crippen LogP contribution in [0.25, 0.3) is 0 Å². The van der Waals surface area contributed by atoms with E-state index in [1.165, 1.54) is 0 Å². The van der Waals surface area contributed by atoms with Gasteiger partial charge in [0.2, 0.25) is 11.8 Å². The zero-order valence-electron chi connectivity index (χ0n) is 12.9. The van der Waals surface area contributed by atoms with Crippen molar-refractivity contribution in [3.63, 3.8) is 0 Å². The van der Waals surface area contributed by atoms with Crippen molar-refractivity contribution in [2.45, 2.75) is 51.5 Å². The minimum absolute atomic E-state index is 0.123. The van der Waals surface area contributed by atoms with E-state index >= 15 is 0 Å². The quantitative estimate of drug-likeness (QED) is 0.859. The van der Waals surface area contributed by atoms with E-state index in [-0.39, 0.29) is 23.9 Å². The van der Waals surface area contributed by atoms with Crippen molar-refractivity contribution >= 4 is 18.1 Å². The van der Waals surface area contributed by atoms with Gasteiger partial charge in [-0.25, -0.2) is 0 Å². The lowest BCUT2D eigenvalue weighted by molar-refractivity contribution is -0.120. The van der Waals surface area contributed by atoms with E-state index in [0.29, 0.717) is 5.88 Å². The molecular weight excluding hydrogens is 270 g/mol. The zero-order chi connectivity index (χ0) is 15.5. The molecule has 1 saturated heterocycles. The second kappa shape index (κ2) is 6.39. The van der Waals surface area contributed by atoms with Gasteiger partial charge in [-0.2, -0.15) is 0 Å². The number of carbonyl (C=O) groups excluding carboxylic acids is 2. The number of aldehydes is 1. The summed E-state index contributed by atoms with van der Waals surface area (Å²) in [6, 6.07) is 1.59. The normalized spacial score (nSPS) is 20.2. The number of likely N-dealkylation sites (tertiary alicyclic amines) is 1. The van der Waals surface area contributed by atoms with E-state index < -0.39 is 0 Å². The standard InChI is InChI=1S/C15H23N3O3/c1-15(2,3)12-8-14(21-17-12)16-13(20)9-18-7-5-4-6-11(18)10-19/h8,10-11H,4-7,9H2,1-3H3,(H,16,20). The molecule has 1 N–H and O–H groups in total. The third-order valence-corrected chi connectivity index (χ3v) is 3.71. The van der Waals surface area contributed by atoms with Gasteiger partial charge in [0.1, 0.15) is 6.29 Å². The number of nitrogens with one attached hydrogen (secondary N) is 1. The molecule has 6 heteroatoms. The summed E-state index contributed by atoms with van der Waals surface area (Å²) >= 11 is 0. The molecule has 1 aliphatic rings. The molecule has 2 rings (SSSR count). The molecule has 1 unspecified atom stereocenters. The number of piperidine rings is 1. The molecule has 1 aromatic rings. The maximum absolute atomic E-state index is 12.0. The van der Waals surface area contributed by atoms with Crippen molar-refractivity contribution in [2.24, 2.45) is 0 Å². The number of anilines is 1. The third-order valence-electron chi connectivity index (χ3n) is 3.71. The topological polar surface area (TPSA) is 75.4 Å². The largest absolute Gasteiger partial charge is 0.338 e. The highest BCUT2D eigenvalue weighted by atomic mass is 16.5. The van der Waals surface area contributed by atoms with Crippen molar-refractivity contribution in [1.82, 2.24) is 10.1 Å². The predicted molar refractivity (Wildman–Crippen MR) is 79.1 cm³/mol. The van der Waals surface area contributed by atoms with E-state index in [1.807, 2.05) is 25.7 Å². The number of nitrogens with zero attached hydrogens (tertiary/aromatic N) is 2. The molecule has 0 bridgehead atoms. The van der Waals surface area contributed by atoms with Gasteiger partial charge in [0, 0.05) is 11.5 Å². The van der Waals surface area contributed by atoms with Crippen LogP contribution in [0.4, 0.5) is 5.88 Å². The van der Waals surface area contributed by atoms with Crippen molar-refractivity contribution < 1.29 is 14.1 Å². The minimum atomic E-state index is -0.180. The lowest BCUT2D eigenvalue weighted by Crippen LogP contribution is -2.44. The highest BCUT2D eigenvalue weighted by Crippen LogP contribution is 2.23. The zero-order valence-corrected chi connectivity index (χ0v) is 12.9. The fraction of sp³-hybridized carbons (Fsp3) is 0.667. The van der Waals surface area contributed by atoms with E-state index in [1.54, 1.807) is 6.07 Å². The molecule has 0 saturated carbocycles. The maximum atomic E-state index is 12.0. The molecule has 0 radical (unpaired) electrons. The summed E-state index contributed by atoms with van der Waals surface area (Å²) in [5, 5.41) is 6.66. The van der Waals surface area contributed by atoms with Gasteiger partial charge in [0.25, 0.3) is 0 Å². The molecule has 1 fully saturated rings. The number of aromatic nitrogens is 1. The van der Waals surface area contributed by atoms with Gasteiger partial charge in [-0.05, 0) is 19.4 Å². The molecule has 21 heavy (non-hydrogen) atoms. The summed E-state index contributed by atoms with van der Waals surface area (Å²) in [4.78, 5) is 25.0. The minimum Gasteiger partial charge on any atom is -0.338 e. The van der Waals surface area contributed by atoms with Crippen LogP contribution < -0.4 is 5.32 Å². The smallest absolute Gasteiger partial charge is 0.240 e. The molecule has 1 aromatic heterocycles. The summed E-state index contributed by atoms with van der Waals surface area (Å²) in [5.41, 5.74) is 0.670. The van der Waals surface area contributed by atoms with Gasteiger partial charge in [-0.1, -0.05) is 32.3 Å². The van der Waals surface area contributed by atoms with Crippen LogP contribution in [0.15, 0.2) is 10.6 Å². The Hall–Kier alpha value is -1.69. The lowest BCUT2D eigenvalue weighted by atomic mass is 9.92. The Balaban J connectivity index is 1.92. The lowest BCUT2D eigenvalue weighted by Gasteiger charge is -2.31. The summed E-state index contributed by atoms with van der Waals surface area (Å²) < 4.78 is 5.13. The Morgan fingerprint density at radius 2 is 2.29 bits per heavy atom. The number of hydrogen-bond acceptors (Lipinski definition) is 5. The Morgan fingerprint density at radius 1 is 1.52 bits per heavy atom. The molecule has 0 spiro atoms. The maximum Gasteiger partial charge on any atom is 0.240 e. The average Bonchev–Trinajstić information content (AvgIpc) is 2.87. The first-order chi connectivity index (χ1) is 9.90. The first kappa shape index (κ1) is 15.7. The summed E-state index contributed by atoms with van der Waals surface area (Å²) in [6.07, 6.45) is 3.82. The van der Waals surface area contributed by atoms with Crippen LogP contribution in [0, 0.1) is 0 Å². The summed E-state index contributed by atoms with van der Waals surface area (Å²) in [5.74, 6) is 0.171. The van der Waals surface area contributed by atoms with Crippen molar-refractivity contribution in [2.75, 3.05) is 18.4 Å². The van der Waals surface area contributed by atoms with Crippen LogP contribution >= 0.6 is 0 Å². The van der Waals surface area contributed by atoms with Crippen LogP contribution in [0.5, 0.6) is 0 Å². The molecule has 1 amide bonds. The fourth-order valence-electron chi connectivity index (χ4n) is 2.42. The van der Waals surface area contributed by atoms with Gasteiger partial charge >= 0.3 is 0 Å². The van der Waals surface area contributed by atoms with E-state index in [0.717, 1.165) is 37.8 Å². The van der Waals surface area contributed by atoms with Crippen LogP contribution in [0.2, 0.25) is 0 Å². The van der Waals surface area contributed by atoms with Crippen LogP contribution in [0.1, 0.15) is 45.7 Å². The molecule has 116 valence electrons. The van der Waals surface area contributed by atoms with Gasteiger partial charge < -0.3 is 9.32 Å². The van der Waals surface area contributed by atoms with Gasteiger partial charge in [0.15, 0.2) is 0 Å². The van der Waals surface area contributed by atoms with Crippen molar-refractivity contribution in [3.8, 4) is 0 Å². The van der Waals surface area contributed by atoms with E-state index in [9.17, 15) is 9.59 Å². The molecule has 1 aliphatic heterocycles. The Bertz CT molecular complexity index is 505. The molecule has 0 aliphatic carbocycles. The van der Waals surface area contributed by atoms with Gasteiger partial charge in [-0.3, -0.25) is 15.0 Å². The highest BCUT2D eigenvalue weighted by molar-refractivity contribution is 5.91. The summed E-state index contributed by atoms with van der Waals surface area (Å²) in [7, 11) is 0. The SMILES string of the molecule is CC(C)(C)c1cc(NC(=O)CN2CCCCC2C=O)on1. The number of amides is 1. The molecule has 0 aromatic carbocycles. The number of rotatable bonds is 4. The summed E-state index contributed by atoms with van der Waals surface area (Å²) in [6.45, 7) is 7.06. The predicted octanol–water partition coefficient (Wildman–Crippen LogP) is 1.96. The fourth-order valence-corrected chi connectivity index (χ4v) is 2.42. The van der Waals surface area contributed by atoms with E-state index in [2.05, 4.69) is 10.5 Å². The van der Waals surface area contributed by atoms with Crippen LogP contribution in [0.3, 0.4) is 0 Å². The second-order valence-corrected chi connectivity index (χ2v) is 6.54. The Kier molecular flexibility index (Phi) is 4.77. The first-order valence-corrected chi connectivity index (χ1v) is 7.36. The number of carbonyl (C=O) groups is 2. The van der Waals surface area contributed by atoms with Gasteiger partial charge in [0.05, 0.1) is 18.3 Å².